The Hall–Kier alpha value is 0.610. The Balaban J connectivity index is -0.0000000267. The van der Waals surface area contributed by atoms with Gasteiger partial charge in [0.25, 0.3) is 0 Å². The lowest BCUT2D eigenvalue weighted by molar-refractivity contribution is 1.22. The summed E-state index contributed by atoms with van der Waals surface area (Å²) in [6.07, 6.45) is 5.34. The molecule has 0 saturated carbocycles. The molecule has 0 nitrogen and oxygen atoms in total. The minimum Gasteiger partial charge on any atom is -0.147 e. The molecule has 0 saturated heterocycles. The molecule has 0 fully saturated rings. The van der Waals surface area contributed by atoms with Gasteiger partial charge in [-0.3, -0.25) is 0 Å². The van der Waals surface area contributed by atoms with Crippen LogP contribution in [-0.2, 0) is 0 Å². The molecule has 0 heterocycles. The minimum absolute atomic E-state index is 0. The standard InChI is InChI=1S/C5H10.3ClH/c1-3-5-4-2;;;/h3,5H,4H2,1-2H3;3*1H. The highest BCUT2D eigenvalue weighted by Crippen LogP contribution is 1.73. The lowest BCUT2D eigenvalue weighted by Gasteiger charge is -1.65. The summed E-state index contributed by atoms with van der Waals surface area (Å²) in [5.74, 6) is 0. The SMILES string of the molecule is CC=CCC.Cl.Cl.Cl. The number of allylic oxidation sites excluding steroid dienone is 2. The molecule has 0 aliphatic carbocycles. The zero-order valence-electron chi connectivity index (χ0n) is 5.09. The van der Waals surface area contributed by atoms with Crippen molar-refractivity contribution in [3.8, 4) is 0 Å². The Bertz CT molecular complexity index is 34.7. The maximum Gasteiger partial charge on any atom is -0.0379 e. The van der Waals surface area contributed by atoms with Crippen LogP contribution in [0.15, 0.2) is 12.2 Å². The predicted molar refractivity (Wildman–Crippen MR) is 46.8 cm³/mol. The molecule has 0 amide bonds. The average molecular weight is 180 g/mol. The molecule has 8 heavy (non-hydrogen) atoms. The summed E-state index contributed by atoms with van der Waals surface area (Å²) in [6, 6.07) is 0. The van der Waals surface area contributed by atoms with Crippen LogP contribution >= 0.6 is 37.2 Å². The lowest BCUT2D eigenvalue weighted by Crippen LogP contribution is -1.43. The maximum absolute atomic E-state index is 2.12. The normalized spacial score (nSPS) is 6.25. The summed E-state index contributed by atoms with van der Waals surface area (Å²) in [5.41, 5.74) is 0. The second kappa shape index (κ2) is 25.5. The molecule has 0 aliphatic heterocycles. The number of halogens is 3. The number of hydrogen-bond acceptors (Lipinski definition) is 0. The summed E-state index contributed by atoms with van der Waals surface area (Å²) in [4.78, 5) is 0. The summed E-state index contributed by atoms with van der Waals surface area (Å²) >= 11 is 0. The Morgan fingerprint density at radius 2 is 1.50 bits per heavy atom. The fourth-order valence-corrected chi connectivity index (χ4v) is 0.236. The van der Waals surface area contributed by atoms with E-state index in [2.05, 4.69) is 19.1 Å². The topological polar surface area (TPSA) is 0 Å². The van der Waals surface area contributed by atoms with E-state index < -0.39 is 0 Å². The number of hydrogen-bond donors (Lipinski definition) is 0. The summed E-state index contributed by atoms with van der Waals surface area (Å²) in [5, 5.41) is 0. The van der Waals surface area contributed by atoms with Crippen molar-refractivity contribution >= 4 is 37.2 Å². The van der Waals surface area contributed by atoms with E-state index in [0.717, 1.165) is 6.42 Å². The fraction of sp³-hybridized carbons (Fsp3) is 0.600. The van der Waals surface area contributed by atoms with Crippen molar-refractivity contribution in [2.24, 2.45) is 0 Å². The molecule has 0 N–H and O–H groups in total. The zero-order valence-corrected chi connectivity index (χ0v) is 7.54. The monoisotopic (exact) mass is 178 g/mol. The molecular weight excluding hydrogens is 166 g/mol. The van der Waals surface area contributed by atoms with Crippen LogP contribution in [0.25, 0.3) is 0 Å². The molecule has 0 aromatic rings. The van der Waals surface area contributed by atoms with Gasteiger partial charge in [0.1, 0.15) is 0 Å². The van der Waals surface area contributed by atoms with Crippen LogP contribution < -0.4 is 0 Å². The molecule has 0 radical (unpaired) electrons. The van der Waals surface area contributed by atoms with E-state index in [0.29, 0.717) is 0 Å². The van der Waals surface area contributed by atoms with Gasteiger partial charge in [-0.1, -0.05) is 19.1 Å². The largest absolute Gasteiger partial charge is 0.147 e. The Morgan fingerprint density at radius 3 is 1.50 bits per heavy atom. The first-order valence-corrected chi connectivity index (χ1v) is 2.03. The molecule has 0 aromatic heterocycles. The van der Waals surface area contributed by atoms with Gasteiger partial charge >= 0.3 is 0 Å². The smallest absolute Gasteiger partial charge is 0.0379 e. The third-order valence-electron chi connectivity index (χ3n) is 0.471. The van der Waals surface area contributed by atoms with Crippen molar-refractivity contribution in [1.82, 2.24) is 0 Å². The van der Waals surface area contributed by atoms with Crippen LogP contribution in [0.5, 0.6) is 0 Å². The fourth-order valence-electron chi connectivity index (χ4n) is 0.236. The second-order valence-corrected chi connectivity index (χ2v) is 0.977. The van der Waals surface area contributed by atoms with E-state index in [-0.39, 0.29) is 37.2 Å². The highest BCUT2D eigenvalue weighted by molar-refractivity contribution is 5.86. The second-order valence-electron chi connectivity index (χ2n) is 0.977. The Kier molecular flexibility index (Phi) is 74.8. The first-order valence-electron chi connectivity index (χ1n) is 2.03. The van der Waals surface area contributed by atoms with Gasteiger partial charge in [-0.2, -0.15) is 0 Å². The van der Waals surface area contributed by atoms with Crippen LogP contribution in [0.2, 0.25) is 0 Å². The van der Waals surface area contributed by atoms with E-state index in [1.807, 2.05) is 6.92 Å². The summed E-state index contributed by atoms with van der Waals surface area (Å²) < 4.78 is 0. The van der Waals surface area contributed by atoms with Gasteiger partial charge < -0.3 is 0 Å². The molecule has 0 atom stereocenters. The molecular formula is C5H13Cl3. The van der Waals surface area contributed by atoms with E-state index >= 15 is 0 Å². The van der Waals surface area contributed by atoms with Gasteiger partial charge in [0.05, 0.1) is 0 Å². The zero-order chi connectivity index (χ0) is 4.12. The highest BCUT2D eigenvalue weighted by atomic mass is 35.5. The van der Waals surface area contributed by atoms with Crippen molar-refractivity contribution in [2.45, 2.75) is 20.3 Å². The molecule has 0 rings (SSSR count). The van der Waals surface area contributed by atoms with Crippen molar-refractivity contribution < 1.29 is 0 Å². The molecule has 0 aliphatic rings. The predicted octanol–water partition coefficient (Wildman–Crippen LogP) is 3.24. The third-order valence-corrected chi connectivity index (χ3v) is 0.471. The van der Waals surface area contributed by atoms with Crippen molar-refractivity contribution in [2.75, 3.05) is 0 Å². The summed E-state index contributed by atoms with van der Waals surface area (Å²) in [6.45, 7) is 4.16. The number of rotatable bonds is 1. The van der Waals surface area contributed by atoms with Gasteiger partial charge in [-0.25, -0.2) is 0 Å². The highest BCUT2D eigenvalue weighted by Gasteiger charge is 1.52. The van der Waals surface area contributed by atoms with E-state index in [4.69, 9.17) is 0 Å². The van der Waals surface area contributed by atoms with Crippen LogP contribution in [0.1, 0.15) is 20.3 Å². The van der Waals surface area contributed by atoms with Crippen LogP contribution in [0, 0.1) is 0 Å². The molecule has 0 aromatic carbocycles. The van der Waals surface area contributed by atoms with Crippen molar-refractivity contribution in [3.05, 3.63) is 12.2 Å². The molecule has 0 unspecified atom stereocenters. The van der Waals surface area contributed by atoms with Crippen molar-refractivity contribution in [3.63, 3.8) is 0 Å². The molecule has 0 spiro atoms. The summed E-state index contributed by atoms with van der Waals surface area (Å²) in [7, 11) is 0. The molecule has 3 heteroatoms. The maximum atomic E-state index is 2.12. The molecule has 0 bridgehead atoms. The van der Waals surface area contributed by atoms with Gasteiger partial charge in [0, 0.05) is 0 Å². The lowest BCUT2D eigenvalue weighted by atomic mass is 10.4. The van der Waals surface area contributed by atoms with Gasteiger partial charge in [-0.05, 0) is 13.3 Å². The van der Waals surface area contributed by atoms with E-state index in [1.165, 1.54) is 0 Å². The van der Waals surface area contributed by atoms with Crippen LogP contribution in [0.4, 0.5) is 0 Å². The van der Waals surface area contributed by atoms with E-state index in [9.17, 15) is 0 Å². The van der Waals surface area contributed by atoms with Gasteiger partial charge in [-0.15, -0.1) is 37.2 Å². The first-order chi connectivity index (χ1) is 2.41. The van der Waals surface area contributed by atoms with Gasteiger partial charge in [0.2, 0.25) is 0 Å². The Morgan fingerprint density at radius 1 is 1.12 bits per heavy atom. The van der Waals surface area contributed by atoms with Crippen molar-refractivity contribution in [1.29, 1.82) is 0 Å². The molecule has 54 valence electrons. The third kappa shape index (κ3) is 30.5. The van der Waals surface area contributed by atoms with Crippen LogP contribution in [0.3, 0.4) is 0 Å². The van der Waals surface area contributed by atoms with E-state index in [1.54, 1.807) is 0 Å². The Labute approximate surface area is 70.0 Å². The quantitative estimate of drug-likeness (QED) is 0.542. The average Bonchev–Trinajstić information content (AvgIpc) is 1.41. The van der Waals surface area contributed by atoms with Crippen LogP contribution in [-0.4, -0.2) is 0 Å². The minimum atomic E-state index is 0. The van der Waals surface area contributed by atoms with Gasteiger partial charge in [0.15, 0.2) is 0 Å². The first kappa shape index (κ1) is 23.5.